The number of fused-ring (bicyclic) bond motifs is 1. The van der Waals surface area contributed by atoms with Gasteiger partial charge in [0.25, 0.3) is 0 Å². The summed E-state index contributed by atoms with van der Waals surface area (Å²) in [6.45, 7) is 15.8. The van der Waals surface area contributed by atoms with E-state index < -0.39 is 0 Å². The zero-order chi connectivity index (χ0) is 20.5. The largest absolute Gasteiger partial charge is 0.508 e. The number of hydrogen-bond acceptors (Lipinski definition) is 3. The van der Waals surface area contributed by atoms with Crippen LogP contribution in [0.1, 0.15) is 75.3 Å². The maximum absolute atomic E-state index is 9.38. The molecule has 0 aromatic heterocycles. The van der Waals surface area contributed by atoms with Crippen LogP contribution in [-0.4, -0.2) is 11.3 Å². The van der Waals surface area contributed by atoms with Crippen LogP contribution in [0.5, 0.6) is 5.75 Å². The minimum atomic E-state index is 0.168. The predicted octanol–water partition coefficient (Wildman–Crippen LogP) is 5.90. The molecule has 2 N–H and O–H groups in total. The minimum Gasteiger partial charge on any atom is -0.508 e. The molecule has 0 saturated heterocycles. The maximum Gasteiger partial charge on any atom is 0.115 e. The van der Waals surface area contributed by atoms with Gasteiger partial charge in [0.05, 0.1) is 11.9 Å². The van der Waals surface area contributed by atoms with Crippen molar-refractivity contribution in [2.45, 2.75) is 64.7 Å². The van der Waals surface area contributed by atoms with Crippen molar-refractivity contribution in [2.75, 3.05) is 0 Å². The Labute approximate surface area is 169 Å². The van der Waals surface area contributed by atoms with Crippen molar-refractivity contribution in [1.82, 2.24) is 5.43 Å². The van der Waals surface area contributed by atoms with E-state index in [-0.39, 0.29) is 16.6 Å². The second-order valence-corrected chi connectivity index (χ2v) is 9.12. The van der Waals surface area contributed by atoms with Gasteiger partial charge in [-0.05, 0) is 82.7 Å². The SMILES string of the molecule is C=C(N/N=C/c1ccc(O)cc1)c1cc2c(cc1CC)C(C)(C)CCC2(C)C. The number of phenols is 1. The van der Waals surface area contributed by atoms with Crippen LogP contribution in [0.15, 0.2) is 48.1 Å². The highest BCUT2D eigenvalue weighted by molar-refractivity contribution is 5.80. The van der Waals surface area contributed by atoms with E-state index in [2.05, 4.69) is 63.9 Å². The predicted molar refractivity (Wildman–Crippen MR) is 119 cm³/mol. The van der Waals surface area contributed by atoms with Crippen LogP contribution in [0.25, 0.3) is 5.70 Å². The number of nitrogens with one attached hydrogen (secondary N) is 1. The Morgan fingerprint density at radius 1 is 1.07 bits per heavy atom. The van der Waals surface area contributed by atoms with E-state index in [9.17, 15) is 5.11 Å². The molecule has 0 atom stereocenters. The quantitative estimate of drug-likeness (QED) is 0.504. The number of phenolic OH excluding ortho intramolecular Hbond substituents is 1. The van der Waals surface area contributed by atoms with Gasteiger partial charge in [0.2, 0.25) is 0 Å². The van der Waals surface area contributed by atoms with Crippen LogP contribution in [-0.2, 0) is 17.3 Å². The van der Waals surface area contributed by atoms with Crippen molar-refractivity contribution in [1.29, 1.82) is 0 Å². The van der Waals surface area contributed by atoms with Crippen molar-refractivity contribution >= 4 is 11.9 Å². The van der Waals surface area contributed by atoms with Crippen LogP contribution in [0.2, 0.25) is 0 Å². The Bertz CT molecular complexity index is 905. The van der Waals surface area contributed by atoms with Gasteiger partial charge in [-0.3, -0.25) is 5.43 Å². The van der Waals surface area contributed by atoms with Gasteiger partial charge in [-0.1, -0.05) is 47.3 Å². The minimum absolute atomic E-state index is 0.168. The third kappa shape index (κ3) is 3.99. The normalized spacial score (nSPS) is 17.3. The van der Waals surface area contributed by atoms with E-state index in [4.69, 9.17) is 0 Å². The van der Waals surface area contributed by atoms with E-state index in [1.807, 2.05) is 12.1 Å². The summed E-state index contributed by atoms with van der Waals surface area (Å²) in [4.78, 5) is 0. The summed E-state index contributed by atoms with van der Waals surface area (Å²) in [6, 6.07) is 11.7. The fourth-order valence-corrected chi connectivity index (χ4v) is 4.04. The van der Waals surface area contributed by atoms with Crippen molar-refractivity contribution in [2.24, 2.45) is 5.10 Å². The van der Waals surface area contributed by atoms with Gasteiger partial charge in [0, 0.05) is 5.56 Å². The summed E-state index contributed by atoms with van der Waals surface area (Å²) >= 11 is 0. The van der Waals surface area contributed by atoms with E-state index in [1.165, 1.54) is 29.5 Å². The molecule has 0 radical (unpaired) electrons. The first kappa shape index (κ1) is 20.2. The lowest BCUT2D eigenvalue weighted by atomic mass is 9.62. The Hall–Kier alpha value is -2.55. The standard InChI is InChI=1S/C25H32N2O/c1-7-19-14-22-23(25(5,6)13-12-24(22,3)4)15-21(19)17(2)27-26-16-18-8-10-20(28)11-9-18/h8-11,14-16,27-28H,2,7,12-13H2,1,3-6H3/b26-16+. The second-order valence-electron chi connectivity index (χ2n) is 9.12. The van der Waals surface area contributed by atoms with Crippen molar-refractivity contribution in [3.05, 3.63) is 70.8 Å². The molecular weight excluding hydrogens is 344 g/mol. The monoisotopic (exact) mass is 376 g/mol. The fourth-order valence-electron chi connectivity index (χ4n) is 4.04. The zero-order valence-corrected chi connectivity index (χ0v) is 17.8. The van der Waals surface area contributed by atoms with Crippen molar-refractivity contribution in [3.8, 4) is 5.75 Å². The number of aromatic hydroxyl groups is 1. The average Bonchev–Trinajstić information content (AvgIpc) is 2.66. The molecule has 1 aliphatic rings. The molecule has 0 aliphatic heterocycles. The van der Waals surface area contributed by atoms with Gasteiger partial charge in [-0.15, -0.1) is 0 Å². The number of rotatable bonds is 5. The molecule has 0 fully saturated rings. The molecule has 0 heterocycles. The number of hydrazone groups is 1. The highest BCUT2D eigenvalue weighted by atomic mass is 16.3. The van der Waals surface area contributed by atoms with Gasteiger partial charge in [-0.2, -0.15) is 5.10 Å². The molecule has 1 aliphatic carbocycles. The van der Waals surface area contributed by atoms with Gasteiger partial charge in [-0.25, -0.2) is 0 Å². The molecule has 148 valence electrons. The Balaban J connectivity index is 1.90. The molecule has 28 heavy (non-hydrogen) atoms. The first-order valence-electron chi connectivity index (χ1n) is 10.1. The first-order chi connectivity index (χ1) is 13.1. The molecule has 0 bridgehead atoms. The number of aryl methyl sites for hydroxylation is 1. The fraction of sp³-hybridized carbons (Fsp3) is 0.400. The number of benzene rings is 2. The third-order valence-electron chi connectivity index (χ3n) is 6.09. The van der Waals surface area contributed by atoms with Gasteiger partial charge < -0.3 is 5.11 Å². The highest BCUT2D eigenvalue weighted by Crippen LogP contribution is 2.47. The van der Waals surface area contributed by atoms with Gasteiger partial charge in [0.1, 0.15) is 5.75 Å². The van der Waals surface area contributed by atoms with Crippen molar-refractivity contribution < 1.29 is 5.11 Å². The summed E-state index contributed by atoms with van der Waals surface area (Å²) in [7, 11) is 0. The summed E-state index contributed by atoms with van der Waals surface area (Å²) in [6.07, 6.45) is 5.10. The molecule has 0 amide bonds. The van der Waals surface area contributed by atoms with E-state index in [1.54, 1.807) is 18.3 Å². The summed E-state index contributed by atoms with van der Waals surface area (Å²) < 4.78 is 0. The Morgan fingerprint density at radius 3 is 2.21 bits per heavy atom. The molecule has 3 rings (SSSR count). The zero-order valence-electron chi connectivity index (χ0n) is 17.8. The molecule has 2 aromatic carbocycles. The summed E-state index contributed by atoms with van der Waals surface area (Å²) in [5, 5.41) is 13.7. The van der Waals surface area contributed by atoms with Crippen LogP contribution < -0.4 is 5.43 Å². The third-order valence-corrected chi connectivity index (χ3v) is 6.09. The lowest BCUT2D eigenvalue weighted by Crippen LogP contribution is -2.34. The number of hydrogen-bond donors (Lipinski definition) is 2. The van der Waals surface area contributed by atoms with E-state index >= 15 is 0 Å². The van der Waals surface area contributed by atoms with E-state index in [0.29, 0.717) is 0 Å². The Kier molecular flexibility index (Phi) is 5.38. The molecule has 0 unspecified atom stereocenters. The topological polar surface area (TPSA) is 44.6 Å². The lowest BCUT2D eigenvalue weighted by molar-refractivity contribution is 0.331. The highest BCUT2D eigenvalue weighted by Gasteiger charge is 2.37. The smallest absolute Gasteiger partial charge is 0.115 e. The van der Waals surface area contributed by atoms with E-state index in [0.717, 1.165) is 23.2 Å². The first-order valence-corrected chi connectivity index (χ1v) is 10.1. The number of nitrogens with zero attached hydrogens (tertiary/aromatic N) is 1. The van der Waals surface area contributed by atoms with Gasteiger partial charge >= 0.3 is 0 Å². The average molecular weight is 377 g/mol. The summed E-state index contributed by atoms with van der Waals surface area (Å²) in [5.74, 6) is 0.252. The maximum atomic E-state index is 9.38. The molecule has 2 aromatic rings. The second kappa shape index (κ2) is 7.46. The van der Waals surface area contributed by atoms with Crippen LogP contribution in [0.4, 0.5) is 0 Å². The molecule has 0 spiro atoms. The molecule has 3 heteroatoms. The lowest BCUT2D eigenvalue weighted by Gasteiger charge is -2.42. The van der Waals surface area contributed by atoms with Gasteiger partial charge in [0.15, 0.2) is 0 Å². The van der Waals surface area contributed by atoms with Crippen molar-refractivity contribution in [3.63, 3.8) is 0 Å². The van der Waals surface area contributed by atoms with Crippen LogP contribution in [0, 0.1) is 0 Å². The van der Waals surface area contributed by atoms with Crippen LogP contribution >= 0.6 is 0 Å². The Morgan fingerprint density at radius 2 is 1.64 bits per heavy atom. The molecular formula is C25H32N2O. The van der Waals surface area contributed by atoms with Crippen LogP contribution in [0.3, 0.4) is 0 Å². The molecule has 3 nitrogen and oxygen atoms in total. The summed E-state index contributed by atoms with van der Waals surface area (Å²) in [5.41, 5.74) is 10.6. The molecule has 0 saturated carbocycles.